The van der Waals surface area contributed by atoms with E-state index < -0.39 is 10.0 Å². The number of nitrogens with one attached hydrogen (secondary N) is 1. The molecule has 0 saturated heterocycles. The van der Waals surface area contributed by atoms with E-state index in [1.54, 1.807) is 18.2 Å². The monoisotopic (exact) mass is 284 g/mol. The molecule has 0 aliphatic heterocycles. The number of hydrogen-bond acceptors (Lipinski definition) is 5. The van der Waals surface area contributed by atoms with Gasteiger partial charge in [-0.15, -0.1) is 11.3 Å². The predicted molar refractivity (Wildman–Crippen MR) is 67.9 cm³/mol. The summed E-state index contributed by atoms with van der Waals surface area (Å²) in [4.78, 5) is 0.770. The fourth-order valence-electron chi connectivity index (χ4n) is 1.56. The van der Waals surface area contributed by atoms with Gasteiger partial charge in [0.05, 0.1) is 10.6 Å². The molecule has 1 N–H and O–H groups in total. The highest BCUT2D eigenvalue weighted by Crippen LogP contribution is 2.32. The molecular weight excluding hydrogens is 272 g/mol. The number of aryl methyl sites for hydroxylation is 1. The molecule has 3 rings (SSSR count). The van der Waals surface area contributed by atoms with E-state index in [9.17, 15) is 8.42 Å². The molecule has 2 aromatic rings. The van der Waals surface area contributed by atoms with Gasteiger partial charge in [-0.25, -0.2) is 13.1 Å². The summed E-state index contributed by atoms with van der Waals surface area (Å²) in [6, 6.07) is 5.25. The topological polar surface area (TPSA) is 72.2 Å². The Morgan fingerprint density at radius 3 is 2.83 bits per heavy atom. The van der Waals surface area contributed by atoms with Gasteiger partial charge in [-0.3, -0.25) is 0 Å². The normalized spacial score (nSPS) is 16.1. The third kappa shape index (κ3) is 2.33. The Kier molecular flexibility index (Phi) is 2.76. The minimum Gasteiger partial charge on any atom is -0.355 e. The maximum atomic E-state index is 12.0. The molecule has 2 aromatic heterocycles. The van der Waals surface area contributed by atoms with Gasteiger partial charge in [0.2, 0.25) is 10.0 Å². The van der Waals surface area contributed by atoms with Crippen LogP contribution in [0.5, 0.6) is 0 Å². The first-order valence-corrected chi connectivity index (χ1v) is 7.90. The van der Waals surface area contributed by atoms with E-state index in [1.807, 2.05) is 6.92 Å². The van der Waals surface area contributed by atoms with Gasteiger partial charge in [-0.05, 0) is 31.9 Å². The van der Waals surface area contributed by atoms with Crippen molar-refractivity contribution in [3.05, 3.63) is 23.9 Å². The molecule has 2 heterocycles. The largest absolute Gasteiger partial charge is 0.355 e. The van der Waals surface area contributed by atoms with E-state index in [-0.39, 0.29) is 6.04 Å². The quantitative estimate of drug-likeness (QED) is 0.933. The van der Waals surface area contributed by atoms with Crippen molar-refractivity contribution in [2.75, 3.05) is 0 Å². The first kappa shape index (κ1) is 11.9. The van der Waals surface area contributed by atoms with Crippen LogP contribution in [-0.2, 0) is 10.0 Å². The van der Waals surface area contributed by atoms with Gasteiger partial charge in [-0.1, -0.05) is 5.16 Å². The van der Waals surface area contributed by atoms with Gasteiger partial charge in [0.25, 0.3) is 0 Å². The average molecular weight is 284 g/mol. The number of aromatic nitrogens is 1. The van der Waals surface area contributed by atoms with Crippen molar-refractivity contribution >= 4 is 21.4 Å². The van der Waals surface area contributed by atoms with Crippen LogP contribution in [0.3, 0.4) is 0 Å². The Hall–Kier alpha value is -1.18. The molecule has 1 saturated carbocycles. The van der Waals surface area contributed by atoms with Crippen molar-refractivity contribution < 1.29 is 12.9 Å². The number of sulfonamides is 1. The lowest BCUT2D eigenvalue weighted by atomic mass is 10.3. The van der Waals surface area contributed by atoms with Crippen LogP contribution in [0.4, 0.5) is 0 Å². The Morgan fingerprint density at radius 2 is 2.22 bits per heavy atom. The van der Waals surface area contributed by atoms with Crippen LogP contribution >= 0.6 is 11.3 Å². The first-order valence-electron chi connectivity index (χ1n) is 5.60. The zero-order chi connectivity index (χ0) is 12.8. The van der Waals surface area contributed by atoms with Crippen LogP contribution in [0.25, 0.3) is 10.6 Å². The van der Waals surface area contributed by atoms with E-state index >= 15 is 0 Å². The highest BCUT2D eigenvalue weighted by Gasteiger charge is 2.29. The smallest absolute Gasteiger partial charge is 0.250 e. The Bertz CT molecular complexity index is 668. The molecule has 1 fully saturated rings. The third-order valence-electron chi connectivity index (χ3n) is 2.62. The van der Waals surface area contributed by atoms with Crippen molar-refractivity contribution in [1.29, 1.82) is 0 Å². The maximum absolute atomic E-state index is 12.0. The molecule has 0 spiro atoms. The second kappa shape index (κ2) is 4.18. The summed E-state index contributed by atoms with van der Waals surface area (Å²) in [5.41, 5.74) is 0.777. The molecule has 96 valence electrons. The molecular formula is C11H12N2O3S2. The van der Waals surface area contributed by atoms with Crippen molar-refractivity contribution in [2.24, 2.45) is 0 Å². The molecule has 7 heteroatoms. The van der Waals surface area contributed by atoms with E-state index in [2.05, 4.69) is 9.88 Å². The van der Waals surface area contributed by atoms with Gasteiger partial charge in [0.1, 0.15) is 4.21 Å². The second-order valence-corrected chi connectivity index (χ2v) is 7.37. The fraction of sp³-hybridized carbons (Fsp3) is 0.364. The standard InChI is InChI=1S/C11H12N2O3S2/c1-7-6-9(16-12-7)10-4-5-11(17-10)18(14,15)13-8-2-3-8/h4-6,8,13H,2-3H2,1H3. The molecule has 0 amide bonds. The maximum Gasteiger partial charge on any atom is 0.250 e. The lowest BCUT2D eigenvalue weighted by Crippen LogP contribution is -2.24. The van der Waals surface area contributed by atoms with Crippen molar-refractivity contribution in [1.82, 2.24) is 9.88 Å². The van der Waals surface area contributed by atoms with E-state index in [1.165, 1.54) is 11.3 Å². The summed E-state index contributed by atoms with van der Waals surface area (Å²) in [7, 11) is -3.37. The number of thiophene rings is 1. The van der Waals surface area contributed by atoms with Crippen LogP contribution in [0.1, 0.15) is 18.5 Å². The molecule has 5 nitrogen and oxygen atoms in total. The Morgan fingerprint density at radius 1 is 1.44 bits per heavy atom. The number of hydrogen-bond donors (Lipinski definition) is 1. The first-order chi connectivity index (χ1) is 8.54. The highest BCUT2D eigenvalue weighted by molar-refractivity contribution is 7.91. The number of rotatable bonds is 4. The average Bonchev–Trinajstić information content (AvgIpc) is 2.82. The molecule has 0 aromatic carbocycles. The zero-order valence-electron chi connectivity index (χ0n) is 9.71. The van der Waals surface area contributed by atoms with Crippen LogP contribution in [0.15, 0.2) is 26.9 Å². The third-order valence-corrected chi connectivity index (χ3v) is 5.73. The van der Waals surface area contributed by atoms with Gasteiger partial charge in [-0.2, -0.15) is 0 Å². The van der Waals surface area contributed by atoms with Crippen LogP contribution in [0, 0.1) is 6.92 Å². The van der Waals surface area contributed by atoms with Gasteiger partial charge in [0.15, 0.2) is 5.76 Å². The fourth-order valence-corrected chi connectivity index (χ4v) is 4.13. The lowest BCUT2D eigenvalue weighted by Gasteiger charge is -2.00. The molecule has 0 unspecified atom stereocenters. The summed E-state index contributed by atoms with van der Waals surface area (Å²) in [5, 5.41) is 3.79. The summed E-state index contributed by atoms with van der Waals surface area (Å²) in [6.07, 6.45) is 1.86. The van der Waals surface area contributed by atoms with Crippen LogP contribution < -0.4 is 4.72 Å². The summed E-state index contributed by atoms with van der Waals surface area (Å²) in [5.74, 6) is 0.602. The molecule has 0 atom stereocenters. The Balaban J connectivity index is 1.89. The molecule has 18 heavy (non-hydrogen) atoms. The van der Waals surface area contributed by atoms with Crippen molar-refractivity contribution in [3.63, 3.8) is 0 Å². The van der Waals surface area contributed by atoms with E-state index in [0.29, 0.717) is 9.97 Å². The summed E-state index contributed by atoms with van der Waals surface area (Å²) < 4.78 is 32.1. The molecule has 1 aliphatic carbocycles. The summed E-state index contributed by atoms with van der Waals surface area (Å²) in [6.45, 7) is 1.83. The van der Waals surface area contributed by atoms with Gasteiger partial charge < -0.3 is 4.52 Å². The molecule has 0 radical (unpaired) electrons. The minimum atomic E-state index is -3.37. The van der Waals surface area contributed by atoms with Gasteiger partial charge >= 0.3 is 0 Å². The van der Waals surface area contributed by atoms with Crippen LogP contribution in [-0.4, -0.2) is 19.6 Å². The SMILES string of the molecule is Cc1cc(-c2ccc(S(=O)(=O)NC3CC3)s2)on1. The molecule has 1 aliphatic rings. The second-order valence-electron chi connectivity index (χ2n) is 4.35. The zero-order valence-corrected chi connectivity index (χ0v) is 11.3. The molecule has 0 bridgehead atoms. The lowest BCUT2D eigenvalue weighted by molar-refractivity contribution is 0.428. The van der Waals surface area contributed by atoms with Gasteiger partial charge in [0, 0.05) is 12.1 Å². The predicted octanol–water partition coefficient (Wildman–Crippen LogP) is 2.15. The van der Waals surface area contributed by atoms with Crippen molar-refractivity contribution in [2.45, 2.75) is 30.0 Å². The number of nitrogens with zero attached hydrogens (tertiary/aromatic N) is 1. The van der Waals surface area contributed by atoms with Crippen molar-refractivity contribution in [3.8, 4) is 10.6 Å². The highest BCUT2D eigenvalue weighted by atomic mass is 32.2. The summed E-state index contributed by atoms with van der Waals surface area (Å²) >= 11 is 1.19. The Labute approximate surface area is 109 Å². The van der Waals surface area contributed by atoms with Crippen LogP contribution in [0.2, 0.25) is 0 Å². The van der Waals surface area contributed by atoms with E-state index in [0.717, 1.165) is 23.4 Å². The minimum absolute atomic E-state index is 0.119. The van der Waals surface area contributed by atoms with E-state index in [4.69, 9.17) is 4.52 Å².